The van der Waals surface area contributed by atoms with Gasteiger partial charge < -0.3 is 10.1 Å². The summed E-state index contributed by atoms with van der Waals surface area (Å²) in [5, 5.41) is 2.82. The van der Waals surface area contributed by atoms with Crippen LogP contribution in [0.1, 0.15) is 40.7 Å². The second-order valence-corrected chi connectivity index (χ2v) is 9.01. The summed E-state index contributed by atoms with van der Waals surface area (Å²) in [7, 11) is -2.08. The Balaban J connectivity index is 1.91. The van der Waals surface area contributed by atoms with Gasteiger partial charge in [0.1, 0.15) is 5.75 Å². The van der Waals surface area contributed by atoms with Gasteiger partial charge in [-0.2, -0.15) is 4.31 Å². The number of rotatable bonds is 5. The van der Waals surface area contributed by atoms with Gasteiger partial charge in [-0.15, -0.1) is 0 Å². The first-order valence-electron chi connectivity index (χ1n) is 9.40. The lowest BCUT2D eigenvalue weighted by Gasteiger charge is -2.26. The fourth-order valence-electron chi connectivity index (χ4n) is 3.38. The molecule has 0 saturated carbocycles. The van der Waals surface area contributed by atoms with Gasteiger partial charge in [0, 0.05) is 18.7 Å². The zero-order valence-electron chi connectivity index (χ0n) is 16.5. The number of piperidine rings is 1. The summed E-state index contributed by atoms with van der Waals surface area (Å²) in [6, 6.07) is 10.3. The van der Waals surface area contributed by atoms with Crippen LogP contribution in [0.15, 0.2) is 41.3 Å². The van der Waals surface area contributed by atoms with Crippen LogP contribution in [-0.2, 0) is 10.0 Å². The van der Waals surface area contributed by atoms with E-state index in [0.29, 0.717) is 35.7 Å². The molecule has 0 radical (unpaired) electrons. The van der Waals surface area contributed by atoms with Crippen molar-refractivity contribution >= 4 is 21.6 Å². The van der Waals surface area contributed by atoms with Gasteiger partial charge in [-0.1, -0.05) is 18.6 Å². The minimum absolute atomic E-state index is 0.193. The molecule has 2 aromatic carbocycles. The van der Waals surface area contributed by atoms with Crippen LogP contribution < -0.4 is 10.1 Å². The Labute approximate surface area is 166 Å². The summed E-state index contributed by atoms with van der Waals surface area (Å²) in [5.74, 6) is 0.172. The molecule has 1 aliphatic rings. The van der Waals surface area contributed by atoms with Gasteiger partial charge in [-0.25, -0.2) is 8.42 Å². The molecule has 1 heterocycles. The maximum absolute atomic E-state index is 13.1. The maximum atomic E-state index is 13.1. The molecule has 0 unspecified atom stereocenters. The Bertz CT molecular complexity index is 980. The summed E-state index contributed by atoms with van der Waals surface area (Å²) in [4.78, 5) is 13.0. The summed E-state index contributed by atoms with van der Waals surface area (Å²) in [6.07, 6.45) is 2.78. The monoisotopic (exact) mass is 402 g/mol. The van der Waals surface area contributed by atoms with Gasteiger partial charge in [0.25, 0.3) is 5.91 Å². The first kappa shape index (κ1) is 20.4. The molecule has 0 aliphatic carbocycles. The Hall–Kier alpha value is -2.38. The topological polar surface area (TPSA) is 75.7 Å². The highest BCUT2D eigenvalue weighted by atomic mass is 32.2. The molecule has 28 heavy (non-hydrogen) atoms. The average Bonchev–Trinajstić information content (AvgIpc) is 2.69. The predicted octanol–water partition coefficient (Wildman–Crippen LogP) is 3.74. The number of benzene rings is 2. The summed E-state index contributed by atoms with van der Waals surface area (Å²) in [5.41, 5.74) is 2.46. The highest BCUT2D eigenvalue weighted by Gasteiger charge is 2.28. The first-order valence-corrected chi connectivity index (χ1v) is 10.8. The van der Waals surface area contributed by atoms with Crippen molar-refractivity contribution in [3.05, 3.63) is 53.1 Å². The lowest BCUT2D eigenvalue weighted by atomic mass is 10.1. The van der Waals surface area contributed by atoms with Crippen molar-refractivity contribution in [1.82, 2.24) is 4.31 Å². The second-order valence-electron chi connectivity index (χ2n) is 7.10. The molecule has 1 saturated heterocycles. The normalized spacial score (nSPS) is 15.2. The van der Waals surface area contributed by atoms with Gasteiger partial charge in [0.2, 0.25) is 10.0 Å². The predicted molar refractivity (Wildman–Crippen MR) is 109 cm³/mol. The van der Waals surface area contributed by atoms with Crippen molar-refractivity contribution in [1.29, 1.82) is 0 Å². The van der Waals surface area contributed by atoms with Crippen molar-refractivity contribution in [2.24, 2.45) is 0 Å². The molecular formula is C21H26N2O4S. The largest absolute Gasteiger partial charge is 0.495 e. The number of anilines is 1. The van der Waals surface area contributed by atoms with Crippen LogP contribution in [0.25, 0.3) is 0 Å². The Morgan fingerprint density at radius 2 is 1.75 bits per heavy atom. The van der Waals surface area contributed by atoms with Gasteiger partial charge >= 0.3 is 0 Å². The van der Waals surface area contributed by atoms with Crippen LogP contribution in [0.5, 0.6) is 5.75 Å². The van der Waals surface area contributed by atoms with E-state index in [4.69, 9.17) is 4.74 Å². The van der Waals surface area contributed by atoms with Crippen molar-refractivity contribution in [2.45, 2.75) is 38.0 Å². The number of hydrogen-bond donors (Lipinski definition) is 1. The number of carbonyl (C=O) groups is 1. The SMILES string of the molecule is COc1ccc(C)cc1NC(=O)c1ccc(C)c(S(=O)(=O)N2CCCCC2)c1. The van der Waals surface area contributed by atoms with Gasteiger partial charge in [-0.05, 0) is 62.1 Å². The lowest BCUT2D eigenvalue weighted by Crippen LogP contribution is -2.36. The van der Waals surface area contributed by atoms with Crippen molar-refractivity contribution in [2.75, 3.05) is 25.5 Å². The molecule has 0 aromatic heterocycles. The van der Waals surface area contributed by atoms with Crippen LogP contribution in [0.2, 0.25) is 0 Å². The van der Waals surface area contributed by atoms with Crippen LogP contribution in [0.3, 0.4) is 0 Å². The van der Waals surface area contributed by atoms with E-state index >= 15 is 0 Å². The van der Waals surface area contributed by atoms with Crippen LogP contribution in [-0.4, -0.2) is 38.8 Å². The number of methoxy groups -OCH3 is 1. The number of ether oxygens (including phenoxy) is 1. The molecule has 150 valence electrons. The summed E-state index contributed by atoms with van der Waals surface area (Å²) >= 11 is 0. The third-order valence-electron chi connectivity index (χ3n) is 4.99. The van der Waals surface area contributed by atoms with Gasteiger partial charge in [0.15, 0.2) is 0 Å². The van der Waals surface area contributed by atoms with Crippen molar-refractivity contribution in [3.8, 4) is 5.75 Å². The van der Waals surface area contributed by atoms with E-state index in [1.54, 1.807) is 25.1 Å². The molecule has 1 aliphatic heterocycles. The highest BCUT2D eigenvalue weighted by Crippen LogP contribution is 2.27. The fraction of sp³-hybridized carbons (Fsp3) is 0.381. The number of nitrogens with zero attached hydrogens (tertiary/aromatic N) is 1. The molecule has 3 rings (SSSR count). The van der Waals surface area contributed by atoms with E-state index in [1.165, 1.54) is 17.5 Å². The molecule has 1 amide bonds. The smallest absolute Gasteiger partial charge is 0.255 e. The third kappa shape index (κ3) is 4.20. The molecule has 0 atom stereocenters. The molecule has 6 nitrogen and oxygen atoms in total. The highest BCUT2D eigenvalue weighted by molar-refractivity contribution is 7.89. The average molecular weight is 403 g/mol. The molecule has 2 aromatic rings. The summed E-state index contributed by atoms with van der Waals surface area (Å²) < 4.78 is 32.9. The molecule has 1 fully saturated rings. The molecule has 0 bridgehead atoms. The number of hydrogen-bond acceptors (Lipinski definition) is 4. The van der Waals surface area contributed by atoms with Crippen LogP contribution >= 0.6 is 0 Å². The molecule has 0 spiro atoms. The number of amides is 1. The van der Waals surface area contributed by atoms with Crippen molar-refractivity contribution < 1.29 is 17.9 Å². The van der Waals surface area contributed by atoms with E-state index in [-0.39, 0.29) is 10.8 Å². The lowest BCUT2D eigenvalue weighted by molar-refractivity contribution is 0.102. The molecule has 7 heteroatoms. The number of sulfonamides is 1. The maximum Gasteiger partial charge on any atom is 0.255 e. The van der Waals surface area contributed by atoms with Gasteiger partial charge in [0.05, 0.1) is 17.7 Å². The standard InChI is InChI=1S/C21H26N2O4S/c1-15-7-10-19(27-3)18(13-15)22-21(24)17-9-8-16(2)20(14-17)28(25,26)23-11-5-4-6-12-23/h7-10,13-14H,4-6,11-12H2,1-3H3,(H,22,24). The zero-order valence-corrected chi connectivity index (χ0v) is 17.3. The Morgan fingerprint density at radius 3 is 2.43 bits per heavy atom. The van der Waals surface area contributed by atoms with E-state index in [1.807, 2.05) is 19.1 Å². The number of carbonyl (C=O) groups excluding carboxylic acids is 1. The zero-order chi connectivity index (χ0) is 20.3. The van der Waals surface area contributed by atoms with Crippen LogP contribution in [0.4, 0.5) is 5.69 Å². The van der Waals surface area contributed by atoms with E-state index in [9.17, 15) is 13.2 Å². The van der Waals surface area contributed by atoms with E-state index in [2.05, 4.69) is 5.32 Å². The van der Waals surface area contributed by atoms with Gasteiger partial charge in [-0.3, -0.25) is 4.79 Å². The minimum Gasteiger partial charge on any atom is -0.495 e. The molecular weight excluding hydrogens is 376 g/mol. The summed E-state index contributed by atoms with van der Waals surface area (Å²) in [6.45, 7) is 4.73. The Kier molecular flexibility index (Phi) is 6.05. The molecule has 1 N–H and O–H groups in total. The number of aryl methyl sites for hydroxylation is 2. The van der Waals surface area contributed by atoms with Crippen molar-refractivity contribution in [3.63, 3.8) is 0 Å². The van der Waals surface area contributed by atoms with E-state index < -0.39 is 10.0 Å². The second kappa shape index (κ2) is 8.32. The fourth-order valence-corrected chi connectivity index (χ4v) is 5.15. The number of nitrogens with one attached hydrogen (secondary N) is 1. The third-order valence-corrected chi connectivity index (χ3v) is 7.03. The van der Waals surface area contributed by atoms with E-state index in [0.717, 1.165) is 24.8 Å². The quantitative estimate of drug-likeness (QED) is 0.827. The first-order chi connectivity index (χ1) is 13.3. The Morgan fingerprint density at radius 1 is 1.04 bits per heavy atom. The minimum atomic E-state index is -3.61. The van der Waals surface area contributed by atoms with Crippen LogP contribution in [0, 0.1) is 13.8 Å².